The molecule has 9 aromatic rings. The summed E-state index contributed by atoms with van der Waals surface area (Å²) in [5.74, 6) is 0. The van der Waals surface area contributed by atoms with E-state index < -0.39 is 23.8 Å². The molecule has 0 atom stereocenters. The van der Waals surface area contributed by atoms with Crippen LogP contribution in [-0.2, 0) is 24.3 Å². The van der Waals surface area contributed by atoms with E-state index in [1.54, 1.807) is 0 Å². The van der Waals surface area contributed by atoms with Crippen LogP contribution in [0.25, 0.3) is 0 Å². The van der Waals surface area contributed by atoms with E-state index in [1.807, 2.05) is 6.79 Å². The number of rotatable bonds is 9. The molecule has 1 nitrogen and oxygen atoms in total. The second kappa shape index (κ2) is 25.9. The Bertz CT molecular complexity index is 1890. The van der Waals surface area contributed by atoms with Crippen LogP contribution in [0.4, 0.5) is 0 Å². The molecule has 9 rings (SSSR count). The first-order valence-electron chi connectivity index (χ1n) is 19.5. The van der Waals surface area contributed by atoms with Gasteiger partial charge in [-0.05, 0) is 71.5 Å². The van der Waals surface area contributed by atoms with E-state index in [1.165, 1.54) is 47.7 Å². The fourth-order valence-electron chi connectivity index (χ4n) is 6.54. The van der Waals surface area contributed by atoms with Crippen molar-refractivity contribution in [1.29, 1.82) is 0 Å². The van der Waals surface area contributed by atoms with Gasteiger partial charge in [0.2, 0.25) is 0 Å². The Morgan fingerprint density at radius 2 is 0.267 bits per heavy atom. The minimum absolute atomic E-state index is 0. The normalized spacial score (nSPS) is 10.1. The summed E-state index contributed by atoms with van der Waals surface area (Å²) in [5.41, 5.74) is 0. The average Bonchev–Trinajstić information content (AvgIpc) is 3.34. The third-order valence-corrected chi connectivity index (χ3v) is 16.5. The number of hydrogen-bond donors (Lipinski definition) is 0. The molecule has 1 radical (unpaired) electrons. The van der Waals surface area contributed by atoms with Gasteiger partial charge in [-0.2, -0.15) is 0 Å². The quantitative estimate of drug-likeness (QED) is 0.104. The van der Waals surface area contributed by atoms with Crippen molar-refractivity contribution in [1.82, 2.24) is 0 Å². The first-order chi connectivity index (χ1) is 29.3. The summed E-state index contributed by atoms with van der Waals surface area (Å²) in [5, 5.41) is 12.6. The summed E-state index contributed by atoms with van der Waals surface area (Å²) >= 11 is 0. The van der Waals surface area contributed by atoms with Gasteiger partial charge < -0.3 is 4.79 Å². The molecule has 0 bridgehead atoms. The Morgan fingerprint density at radius 3 is 0.350 bits per heavy atom. The van der Waals surface area contributed by atoms with Crippen LogP contribution >= 0.6 is 23.8 Å². The van der Waals surface area contributed by atoms with E-state index in [0.29, 0.717) is 0 Å². The van der Waals surface area contributed by atoms with Gasteiger partial charge in [0.25, 0.3) is 0 Å². The Hall–Kier alpha value is -5.44. The summed E-state index contributed by atoms with van der Waals surface area (Å²) in [6.07, 6.45) is 0. The van der Waals surface area contributed by atoms with E-state index in [4.69, 9.17) is 4.79 Å². The topological polar surface area (TPSA) is 17.1 Å². The molecule has 0 heterocycles. The summed E-state index contributed by atoms with van der Waals surface area (Å²) < 4.78 is 0. The average molecular weight is 920 g/mol. The zero-order valence-corrected chi connectivity index (χ0v) is 37.6. The fraction of sp³-hybridized carbons (Fsp3) is 0. The van der Waals surface area contributed by atoms with Crippen LogP contribution in [0.2, 0.25) is 0 Å². The Kier molecular flexibility index (Phi) is 19.7. The van der Waals surface area contributed by atoms with Crippen molar-refractivity contribution in [3.05, 3.63) is 273 Å². The molecule has 0 N–H and O–H groups in total. The molecule has 297 valence electrons. The van der Waals surface area contributed by atoms with Gasteiger partial charge in [0.15, 0.2) is 0 Å². The molecule has 0 aliphatic carbocycles. The largest absolute Gasteiger partial charge is 0.307 e. The van der Waals surface area contributed by atoms with Crippen LogP contribution in [0, 0.1) is 0 Å². The van der Waals surface area contributed by atoms with E-state index in [9.17, 15) is 0 Å². The predicted molar refractivity (Wildman–Crippen MR) is 263 cm³/mol. The molecule has 0 saturated carbocycles. The number of benzene rings is 9. The number of hydrogen-bond acceptors (Lipinski definition) is 1. The van der Waals surface area contributed by atoms with Crippen molar-refractivity contribution >= 4 is 78.3 Å². The molecular formula is C55H47OP3Rh. The molecule has 0 spiro atoms. The van der Waals surface area contributed by atoms with Crippen molar-refractivity contribution < 1.29 is 24.3 Å². The van der Waals surface area contributed by atoms with Gasteiger partial charge in [0.05, 0.1) is 0 Å². The zero-order chi connectivity index (χ0) is 40.7. The SMILES string of the molecule is C=O.[Rh].c1ccc(P(c2ccccc2)c2ccccc2)cc1.c1ccc(P(c2ccccc2)c2ccccc2)cc1.c1ccc(P(c2ccccc2)c2ccccc2)cc1. The van der Waals surface area contributed by atoms with Crippen LogP contribution in [0.1, 0.15) is 0 Å². The van der Waals surface area contributed by atoms with Gasteiger partial charge >= 0.3 is 0 Å². The van der Waals surface area contributed by atoms with Crippen LogP contribution < -0.4 is 47.7 Å². The first kappa shape index (κ1) is 45.6. The zero-order valence-electron chi connectivity index (χ0n) is 33.3. The summed E-state index contributed by atoms with van der Waals surface area (Å²) in [6.45, 7) is 2.00. The van der Waals surface area contributed by atoms with Crippen molar-refractivity contribution in [2.75, 3.05) is 0 Å². The molecule has 5 heteroatoms. The Balaban J connectivity index is 0.000000166. The van der Waals surface area contributed by atoms with Crippen LogP contribution in [-0.4, -0.2) is 6.79 Å². The molecule has 0 aromatic heterocycles. The maximum atomic E-state index is 8.00. The second-order valence-electron chi connectivity index (χ2n) is 13.0. The monoisotopic (exact) mass is 919 g/mol. The maximum absolute atomic E-state index is 8.00. The first-order valence-corrected chi connectivity index (χ1v) is 23.5. The molecular weight excluding hydrogens is 872 g/mol. The van der Waals surface area contributed by atoms with Gasteiger partial charge in [-0.15, -0.1) is 0 Å². The number of carbonyl (C=O) groups excluding carboxylic acids is 1. The Labute approximate surface area is 373 Å². The molecule has 0 amide bonds. The van der Waals surface area contributed by atoms with E-state index in [-0.39, 0.29) is 19.5 Å². The van der Waals surface area contributed by atoms with E-state index in [0.717, 1.165) is 0 Å². The molecule has 60 heavy (non-hydrogen) atoms. The third kappa shape index (κ3) is 13.3. The van der Waals surface area contributed by atoms with Gasteiger partial charge in [-0.25, -0.2) is 0 Å². The molecule has 9 aromatic carbocycles. The molecule has 0 saturated heterocycles. The van der Waals surface area contributed by atoms with Gasteiger partial charge in [-0.1, -0.05) is 273 Å². The molecule has 0 unspecified atom stereocenters. The van der Waals surface area contributed by atoms with Crippen molar-refractivity contribution in [2.24, 2.45) is 0 Å². The molecule has 0 aliphatic heterocycles. The van der Waals surface area contributed by atoms with E-state index in [2.05, 4.69) is 273 Å². The minimum atomic E-state index is -0.446. The number of carbonyl (C=O) groups is 1. The van der Waals surface area contributed by atoms with Crippen molar-refractivity contribution in [2.45, 2.75) is 0 Å². The second-order valence-corrected chi connectivity index (χ2v) is 19.7. The van der Waals surface area contributed by atoms with Crippen molar-refractivity contribution in [3.8, 4) is 0 Å². The van der Waals surface area contributed by atoms with Crippen LogP contribution in [0.15, 0.2) is 273 Å². The minimum Gasteiger partial charge on any atom is -0.307 e. The standard InChI is InChI=1S/3C18H15P.CH2O.Rh/c3*1-4-10-16(11-5-1)19(17-12-6-2-7-13-17)18-14-8-3-9-15-18;1-2;/h3*1-15H;1H2;. The Morgan fingerprint density at radius 1 is 0.183 bits per heavy atom. The van der Waals surface area contributed by atoms with Crippen molar-refractivity contribution in [3.63, 3.8) is 0 Å². The summed E-state index contributed by atoms with van der Waals surface area (Å²) in [7, 11) is -1.34. The van der Waals surface area contributed by atoms with Gasteiger partial charge in [0.1, 0.15) is 6.79 Å². The fourth-order valence-corrected chi connectivity index (χ4v) is 13.5. The van der Waals surface area contributed by atoms with Crippen LogP contribution in [0.3, 0.4) is 0 Å². The molecule has 0 fully saturated rings. The predicted octanol–water partition coefficient (Wildman–Crippen LogP) is 10.1. The summed E-state index contributed by atoms with van der Waals surface area (Å²) in [4.78, 5) is 8.00. The maximum Gasteiger partial charge on any atom is 0.106 e. The van der Waals surface area contributed by atoms with Crippen LogP contribution in [0.5, 0.6) is 0 Å². The smallest absolute Gasteiger partial charge is 0.106 e. The van der Waals surface area contributed by atoms with Gasteiger partial charge in [0, 0.05) is 19.5 Å². The summed E-state index contributed by atoms with van der Waals surface area (Å²) in [6, 6.07) is 97.0. The molecule has 0 aliphatic rings. The third-order valence-electron chi connectivity index (χ3n) is 9.13. The van der Waals surface area contributed by atoms with E-state index >= 15 is 0 Å². The van der Waals surface area contributed by atoms with Gasteiger partial charge in [-0.3, -0.25) is 0 Å².